The summed E-state index contributed by atoms with van der Waals surface area (Å²) >= 11 is 0. The van der Waals surface area contributed by atoms with E-state index in [2.05, 4.69) is 24.1 Å². The molecule has 0 spiro atoms. The number of aliphatic hydroxyl groups excluding tert-OH is 1. The highest BCUT2D eigenvalue weighted by Crippen LogP contribution is 2.14. The Morgan fingerprint density at radius 3 is 2.93 bits per heavy atom. The maximum absolute atomic E-state index is 11.6. The van der Waals surface area contributed by atoms with E-state index in [1.165, 1.54) is 0 Å². The summed E-state index contributed by atoms with van der Waals surface area (Å²) in [6, 6.07) is 0.243. The summed E-state index contributed by atoms with van der Waals surface area (Å²) < 4.78 is 0. The molecule has 1 amide bonds. The van der Waals surface area contributed by atoms with Gasteiger partial charge in [-0.1, -0.05) is 6.92 Å². The Morgan fingerprint density at radius 2 is 2.36 bits per heavy atom. The zero-order chi connectivity index (χ0) is 10.6. The third-order valence-corrected chi connectivity index (χ3v) is 2.73. The molecule has 2 N–H and O–H groups in total. The molecule has 1 fully saturated rings. The zero-order valence-corrected chi connectivity index (χ0v) is 8.99. The summed E-state index contributed by atoms with van der Waals surface area (Å²) in [6.07, 6.45) is 1.58. The Kier molecular flexibility index (Phi) is 4.35. The van der Waals surface area contributed by atoms with Crippen LogP contribution >= 0.6 is 0 Å². The summed E-state index contributed by atoms with van der Waals surface area (Å²) in [4.78, 5) is 13.7. The van der Waals surface area contributed by atoms with E-state index in [1.807, 2.05) is 0 Å². The van der Waals surface area contributed by atoms with Gasteiger partial charge in [0.15, 0.2) is 0 Å². The molecule has 0 radical (unpaired) electrons. The van der Waals surface area contributed by atoms with E-state index in [0.29, 0.717) is 12.5 Å². The molecular formula is C10H20N2O2. The van der Waals surface area contributed by atoms with Crippen molar-refractivity contribution >= 4 is 5.91 Å². The van der Waals surface area contributed by atoms with E-state index < -0.39 is 0 Å². The van der Waals surface area contributed by atoms with Gasteiger partial charge in [-0.2, -0.15) is 0 Å². The quantitative estimate of drug-likeness (QED) is 0.670. The molecule has 2 atom stereocenters. The van der Waals surface area contributed by atoms with Crippen molar-refractivity contribution in [2.45, 2.75) is 38.8 Å². The molecule has 14 heavy (non-hydrogen) atoms. The second kappa shape index (κ2) is 5.32. The molecule has 0 aromatic carbocycles. The maximum atomic E-state index is 11.6. The SMILES string of the molecule is CCCN1C(C)CNC(=O)C1CCO. The van der Waals surface area contributed by atoms with Crippen LogP contribution < -0.4 is 5.32 Å². The van der Waals surface area contributed by atoms with E-state index in [1.54, 1.807) is 0 Å². The molecule has 82 valence electrons. The first-order valence-electron chi connectivity index (χ1n) is 5.35. The highest BCUT2D eigenvalue weighted by atomic mass is 16.3. The summed E-state index contributed by atoms with van der Waals surface area (Å²) in [6.45, 7) is 5.94. The minimum atomic E-state index is -0.135. The Morgan fingerprint density at radius 1 is 1.64 bits per heavy atom. The molecule has 1 rings (SSSR count). The van der Waals surface area contributed by atoms with Gasteiger partial charge in [-0.15, -0.1) is 0 Å². The highest BCUT2D eigenvalue weighted by Gasteiger charge is 2.32. The van der Waals surface area contributed by atoms with E-state index in [9.17, 15) is 4.79 Å². The number of nitrogens with zero attached hydrogens (tertiary/aromatic N) is 1. The molecule has 1 heterocycles. The second-order valence-electron chi connectivity index (χ2n) is 3.86. The van der Waals surface area contributed by atoms with Gasteiger partial charge >= 0.3 is 0 Å². The number of rotatable bonds is 4. The van der Waals surface area contributed by atoms with Crippen LogP contribution in [0.1, 0.15) is 26.7 Å². The normalized spacial score (nSPS) is 28.9. The fraction of sp³-hybridized carbons (Fsp3) is 0.900. The smallest absolute Gasteiger partial charge is 0.237 e. The summed E-state index contributed by atoms with van der Waals surface area (Å²) in [5.74, 6) is 0.0607. The maximum Gasteiger partial charge on any atom is 0.237 e. The van der Waals surface area contributed by atoms with Gasteiger partial charge in [-0.25, -0.2) is 0 Å². The Labute approximate surface area is 85.3 Å². The number of amides is 1. The highest BCUT2D eigenvalue weighted by molar-refractivity contribution is 5.82. The van der Waals surface area contributed by atoms with Gasteiger partial charge in [-0.3, -0.25) is 9.69 Å². The second-order valence-corrected chi connectivity index (χ2v) is 3.86. The van der Waals surface area contributed by atoms with Crippen LogP contribution in [0.4, 0.5) is 0 Å². The number of carbonyl (C=O) groups is 1. The van der Waals surface area contributed by atoms with Gasteiger partial charge in [0.25, 0.3) is 0 Å². The fourth-order valence-electron chi connectivity index (χ4n) is 1.99. The summed E-state index contributed by atoms with van der Waals surface area (Å²) in [7, 11) is 0. The van der Waals surface area contributed by atoms with Crippen LogP contribution in [0.2, 0.25) is 0 Å². The Balaban J connectivity index is 2.64. The van der Waals surface area contributed by atoms with Crippen LogP contribution in [0.15, 0.2) is 0 Å². The third kappa shape index (κ3) is 2.45. The average molecular weight is 200 g/mol. The van der Waals surface area contributed by atoms with Gasteiger partial charge < -0.3 is 10.4 Å². The van der Waals surface area contributed by atoms with Crippen LogP contribution in [-0.4, -0.2) is 47.7 Å². The first-order chi connectivity index (χ1) is 6.70. The molecule has 1 saturated heterocycles. The van der Waals surface area contributed by atoms with Gasteiger partial charge in [-0.05, 0) is 26.3 Å². The lowest BCUT2D eigenvalue weighted by atomic mass is 10.0. The van der Waals surface area contributed by atoms with Crippen LogP contribution in [0, 0.1) is 0 Å². The van der Waals surface area contributed by atoms with Crippen molar-refractivity contribution in [1.82, 2.24) is 10.2 Å². The first-order valence-corrected chi connectivity index (χ1v) is 5.35. The van der Waals surface area contributed by atoms with Gasteiger partial charge in [0.1, 0.15) is 0 Å². The van der Waals surface area contributed by atoms with Gasteiger partial charge in [0, 0.05) is 19.2 Å². The number of piperazine rings is 1. The van der Waals surface area contributed by atoms with E-state index in [0.717, 1.165) is 19.5 Å². The number of aliphatic hydroxyl groups is 1. The number of carbonyl (C=O) groups excluding carboxylic acids is 1. The zero-order valence-electron chi connectivity index (χ0n) is 8.99. The molecule has 0 saturated carbocycles. The molecule has 1 aliphatic rings. The Hall–Kier alpha value is -0.610. The molecule has 2 unspecified atom stereocenters. The summed E-state index contributed by atoms with van der Waals surface area (Å²) in [5, 5.41) is 11.8. The molecule has 0 aromatic rings. The van der Waals surface area contributed by atoms with Crippen LogP contribution in [0.25, 0.3) is 0 Å². The minimum absolute atomic E-state index is 0.0607. The molecule has 1 aliphatic heterocycles. The van der Waals surface area contributed by atoms with Crippen LogP contribution in [-0.2, 0) is 4.79 Å². The monoisotopic (exact) mass is 200 g/mol. The number of nitrogens with one attached hydrogen (secondary N) is 1. The standard InChI is InChI=1S/C10H20N2O2/c1-3-5-12-8(2)7-11-10(14)9(12)4-6-13/h8-9,13H,3-7H2,1-2H3,(H,11,14). The molecule has 4 nitrogen and oxygen atoms in total. The van der Waals surface area contributed by atoms with E-state index in [-0.39, 0.29) is 18.6 Å². The number of hydrogen-bond acceptors (Lipinski definition) is 3. The van der Waals surface area contributed by atoms with Crippen molar-refractivity contribution in [2.24, 2.45) is 0 Å². The van der Waals surface area contributed by atoms with E-state index >= 15 is 0 Å². The van der Waals surface area contributed by atoms with Crippen molar-refractivity contribution in [3.05, 3.63) is 0 Å². The van der Waals surface area contributed by atoms with Crippen molar-refractivity contribution in [3.63, 3.8) is 0 Å². The molecule has 4 heteroatoms. The van der Waals surface area contributed by atoms with Gasteiger partial charge in [0.05, 0.1) is 6.04 Å². The molecule has 0 aromatic heterocycles. The van der Waals surface area contributed by atoms with Crippen molar-refractivity contribution < 1.29 is 9.90 Å². The Bertz CT molecular complexity index is 197. The lowest BCUT2D eigenvalue weighted by Gasteiger charge is -2.39. The lowest BCUT2D eigenvalue weighted by Crippen LogP contribution is -2.59. The van der Waals surface area contributed by atoms with Crippen molar-refractivity contribution in [2.75, 3.05) is 19.7 Å². The largest absolute Gasteiger partial charge is 0.396 e. The average Bonchev–Trinajstić information content (AvgIpc) is 2.17. The predicted molar refractivity (Wildman–Crippen MR) is 55.0 cm³/mol. The van der Waals surface area contributed by atoms with Crippen molar-refractivity contribution in [3.8, 4) is 0 Å². The molecule has 0 aliphatic carbocycles. The van der Waals surface area contributed by atoms with Crippen LogP contribution in [0.3, 0.4) is 0 Å². The fourth-order valence-corrected chi connectivity index (χ4v) is 1.99. The summed E-state index contributed by atoms with van der Waals surface area (Å²) in [5.41, 5.74) is 0. The first kappa shape index (κ1) is 11.5. The predicted octanol–water partition coefficient (Wildman–Crippen LogP) is -0.0323. The van der Waals surface area contributed by atoms with Crippen LogP contribution in [0.5, 0.6) is 0 Å². The lowest BCUT2D eigenvalue weighted by molar-refractivity contribution is -0.131. The van der Waals surface area contributed by atoms with E-state index in [4.69, 9.17) is 5.11 Å². The van der Waals surface area contributed by atoms with Gasteiger partial charge in [0.2, 0.25) is 5.91 Å². The minimum Gasteiger partial charge on any atom is -0.396 e. The third-order valence-electron chi connectivity index (χ3n) is 2.73. The van der Waals surface area contributed by atoms with Crippen molar-refractivity contribution in [1.29, 1.82) is 0 Å². The topological polar surface area (TPSA) is 52.6 Å². The number of hydrogen-bond donors (Lipinski definition) is 2. The molecule has 0 bridgehead atoms. The molecular weight excluding hydrogens is 180 g/mol.